The highest BCUT2D eigenvalue weighted by Gasteiger charge is 2.06. The number of anilines is 2. The SMILES string of the molecule is CCCCN(CCCC)CCOc1cccc(Oc2ccc(N)c(N)c2)c1. The molecule has 0 amide bonds. The Morgan fingerprint density at radius 3 is 2.11 bits per heavy atom. The average molecular weight is 372 g/mol. The maximum absolute atomic E-state index is 5.95. The van der Waals surface area contributed by atoms with E-state index in [0.29, 0.717) is 29.5 Å². The molecule has 0 aliphatic heterocycles. The fourth-order valence-corrected chi connectivity index (χ4v) is 2.77. The Balaban J connectivity index is 1.87. The Morgan fingerprint density at radius 1 is 0.778 bits per heavy atom. The van der Waals surface area contributed by atoms with E-state index < -0.39 is 0 Å². The molecule has 0 aliphatic rings. The molecular weight excluding hydrogens is 338 g/mol. The van der Waals surface area contributed by atoms with Crippen LogP contribution in [0, 0.1) is 0 Å². The first-order valence-corrected chi connectivity index (χ1v) is 9.90. The van der Waals surface area contributed by atoms with Crippen molar-refractivity contribution in [3.8, 4) is 17.2 Å². The highest BCUT2D eigenvalue weighted by Crippen LogP contribution is 2.28. The number of rotatable bonds is 12. The molecule has 0 aromatic heterocycles. The summed E-state index contributed by atoms with van der Waals surface area (Å²) in [6.07, 6.45) is 4.91. The van der Waals surface area contributed by atoms with Crippen LogP contribution >= 0.6 is 0 Å². The summed E-state index contributed by atoms with van der Waals surface area (Å²) in [5.41, 5.74) is 12.6. The molecule has 0 fully saturated rings. The number of unbranched alkanes of at least 4 members (excludes halogenated alkanes) is 2. The van der Waals surface area contributed by atoms with Gasteiger partial charge < -0.3 is 20.9 Å². The lowest BCUT2D eigenvalue weighted by atomic mass is 10.2. The first-order chi connectivity index (χ1) is 13.1. The van der Waals surface area contributed by atoms with Crippen molar-refractivity contribution in [2.75, 3.05) is 37.7 Å². The number of hydrogen-bond donors (Lipinski definition) is 2. The fourth-order valence-electron chi connectivity index (χ4n) is 2.77. The number of nitrogens with zero attached hydrogens (tertiary/aromatic N) is 1. The molecule has 5 nitrogen and oxygen atoms in total. The second-order valence-corrected chi connectivity index (χ2v) is 6.76. The minimum atomic E-state index is 0.513. The van der Waals surface area contributed by atoms with Gasteiger partial charge in [0.1, 0.15) is 23.9 Å². The second-order valence-electron chi connectivity index (χ2n) is 6.76. The van der Waals surface area contributed by atoms with Gasteiger partial charge in [-0.05, 0) is 50.2 Å². The van der Waals surface area contributed by atoms with Gasteiger partial charge in [-0.15, -0.1) is 0 Å². The average Bonchev–Trinajstić information content (AvgIpc) is 2.67. The summed E-state index contributed by atoms with van der Waals surface area (Å²) in [7, 11) is 0. The number of ether oxygens (including phenoxy) is 2. The van der Waals surface area contributed by atoms with Gasteiger partial charge >= 0.3 is 0 Å². The number of nitrogens with two attached hydrogens (primary N) is 2. The Bertz CT molecular complexity index is 683. The minimum Gasteiger partial charge on any atom is -0.492 e. The minimum absolute atomic E-state index is 0.513. The molecule has 2 rings (SSSR count). The van der Waals surface area contributed by atoms with Crippen molar-refractivity contribution in [3.05, 3.63) is 42.5 Å². The first kappa shape index (κ1) is 20.9. The van der Waals surface area contributed by atoms with Crippen LogP contribution in [0.1, 0.15) is 39.5 Å². The lowest BCUT2D eigenvalue weighted by molar-refractivity contribution is 0.204. The predicted molar refractivity (Wildman–Crippen MR) is 114 cm³/mol. The van der Waals surface area contributed by atoms with E-state index in [1.165, 1.54) is 25.7 Å². The van der Waals surface area contributed by atoms with Crippen molar-refractivity contribution in [3.63, 3.8) is 0 Å². The number of hydrogen-bond acceptors (Lipinski definition) is 5. The van der Waals surface area contributed by atoms with Crippen LogP contribution in [0.15, 0.2) is 42.5 Å². The third-order valence-electron chi connectivity index (χ3n) is 4.43. The Labute approximate surface area is 163 Å². The van der Waals surface area contributed by atoms with Crippen molar-refractivity contribution in [2.24, 2.45) is 0 Å². The van der Waals surface area contributed by atoms with Gasteiger partial charge in [0.2, 0.25) is 0 Å². The quantitative estimate of drug-likeness (QED) is 0.518. The van der Waals surface area contributed by atoms with Crippen LogP contribution in [-0.4, -0.2) is 31.1 Å². The van der Waals surface area contributed by atoms with Gasteiger partial charge in [0, 0.05) is 18.7 Å². The van der Waals surface area contributed by atoms with Gasteiger partial charge in [0.05, 0.1) is 11.4 Å². The molecule has 0 aliphatic carbocycles. The van der Waals surface area contributed by atoms with Crippen LogP contribution < -0.4 is 20.9 Å². The highest BCUT2D eigenvalue weighted by molar-refractivity contribution is 5.65. The van der Waals surface area contributed by atoms with E-state index in [4.69, 9.17) is 20.9 Å². The number of benzene rings is 2. The Hall–Kier alpha value is -2.40. The zero-order chi connectivity index (χ0) is 19.5. The van der Waals surface area contributed by atoms with E-state index in [0.717, 1.165) is 25.4 Å². The molecule has 27 heavy (non-hydrogen) atoms. The van der Waals surface area contributed by atoms with Crippen molar-refractivity contribution in [1.82, 2.24) is 4.90 Å². The first-order valence-electron chi connectivity index (χ1n) is 9.90. The summed E-state index contributed by atoms with van der Waals surface area (Å²) in [5, 5.41) is 0. The molecule has 5 heteroatoms. The zero-order valence-corrected chi connectivity index (χ0v) is 16.6. The van der Waals surface area contributed by atoms with Crippen molar-refractivity contribution in [1.29, 1.82) is 0 Å². The van der Waals surface area contributed by atoms with Gasteiger partial charge in [-0.2, -0.15) is 0 Å². The van der Waals surface area contributed by atoms with Crippen LogP contribution in [-0.2, 0) is 0 Å². The molecular formula is C22H33N3O2. The van der Waals surface area contributed by atoms with E-state index in [9.17, 15) is 0 Å². The van der Waals surface area contributed by atoms with Crippen LogP contribution in [0.4, 0.5) is 11.4 Å². The molecule has 0 heterocycles. The van der Waals surface area contributed by atoms with E-state index >= 15 is 0 Å². The molecule has 4 N–H and O–H groups in total. The molecule has 0 radical (unpaired) electrons. The molecule has 0 saturated carbocycles. The molecule has 2 aromatic carbocycles. The lowest BCUT2D eigenvalue weighted by Crippen LogP contribution is -2.30. The summed E-state index contributed by atoms with van der Waals surface area (Å²) < 4.78 is 11.8. The molecule has 0 spiro atoms. The maximum atomic E-state index is 5.95. The van der Waals surface area contributed by atoms with Crippen LogP contribution in [0.2, 0.25) is 0 Å². The van der Waals surface area contributed by atoms with Gasteiger partial charge in [0.15, 0.2) is 0 Å². The van der Waals surface area contributed by atoms with Crippen molar-refractivity contribution < 1.29 is 9.47 Å². The highest BCUT2D eigenvalue weighted by atomic mass is 16.5. The smallest absolute Gasteiger partial charge is 0.131 e. The topological polar surface area (TPSA) is 73.7 Å². The van der Waals surface area contributed by atoms with E-state index in [1.807, 2.05) is 24.3 Å². The summed E-state index contributed by atoms with van der Waals surface area (Å²) >= 11 is 0. The molecule has 0 saturated heterocycles. The Morgan fingerprint density at radius 2 is 1.44 bits per heavy atom. The normalized spacial score (nSPS) is 10.9. The summed E-state index contributed by atoms with van der Waals surface area (Å²) in [6.45, 7) is 8.36. The number of nitrogen functional groups attached to an aromatic ring is 2. The summed E-state index contributed by atoms with van der Waals surface area (Å²) in [6, 6.07) is 12.9. The largest absolute Gasteiger partial charge is 0.492 e. The summed E-state index contributed by atoms with van der Waals surface area (Å²) in [4.78, 5) is 2.49. The van der Waals surface area contributed by atoms with Crippen molar-refractivity contribution in [2.45, 2.75) is 39.5 Å². The van der Waals surface area contributed by atoms with Gasteiger partial charge in [-0.1, -0.05) is 32.8 Å². The van der Waals surface area contributed by atoms with Crippen LogP contribution in [0.5, 0.6) is 17.2 Å². The summed E-state index contributed by atoms with van der Waals surface area (Å²) in [5.74, 6) is 2.18. The van der Waals surface area contributed by atoms with Crippen LogP contribution in [0.3, 0.4) is 0 Å². The molecule has 2 aromatic rings. The molecule has 148 valence electrons. The van der Waals surface area contributed by atoms with Crippen LogP contribution in [0.25, 0.3) is 0 Å². The van der Waals surface area contributed by atoms with E-state index in [-0.39, 0.29) is 0 Å². The molecule has 0 atom stereocenters. The Kier molecular flexibility index (Phi) is 8.78. The third-order valence-corrected chi connectivity index (χ3v) is 4.43. The standard InChI is InChI=1S/C22H33N3O2/c1-3-5-12-25(13-6-4-2)14-15-26-18-8-7-9-19(16-18)27-20-10-11-21(23)22(24)17-20/h7-11,16-17H,3-6,12-15,23-24H2,1-2H3. The zero-order valence-electron chi connectivity index (χ0n) is 16.6. The van der Waals surface area contributed by atoms with Crippen molar-refractivity contribution >= 4 is 11.4 Å². The molecule has 0 unspecified atom stereocenters. The second kappa shape index (κ2) is 11.3. The third kappa shape index (κ3) is 7.39. The van der Waals surface area contributed by atoms with Gasteiger partial charge in [-0.3, -0.25) is 4.90 Å². The molecule has 0 bridgehead atoms. The monoisotopic (exact) mass is 371 g/mol. The lowest BCUT2D eigenvalue weighted by Gasteiger charge is -2.22. The maximum Gasteiger partial charge on any atom is 0.131 e. The predicted octanol–water partition coefficient (Wildman–Crippen LogP) is 4.92. The van der Waals surface area contributed by atoms with Gasteiger partial charge in [0.25, 0.3) is 0 Å². The van der Waals surface area contributed by atoms with E-state index in [2.05, 4.69) is 18.7 Å². The fraction of sp³-hybridized carbons (Fsp3) is 0.455. The van der Waals surface area contributed by atoms with Gasteiger partial charge in [-0.25, -0.2) is 0 Å². The van der Waals surface area contributed by atoms with E-state index in [1.54, 1.807) is 18.2 Å².